The van der Waals surface area contributed by atoms with Crippen molar-refractivity contribution in [3.8, 4) is 6.07 Å². The molecule has 1 atom stereocenters. The molecule has 0 bridgehead atoms. The van der Waals surface area contributed by atoms with Gasteiger partial charge in [0.2, 0.25) is 0 Å². The lowest BCUT2D eigenvalue weighted by Crippen LogP contribution is -2.44. The summed E-state index contributed by atoms with van der Waals surface area (Å²) in [5, 5.41) is 11.4. The maximum atomic E-state index is 13.7. The normalized spacial score (nSPS) is 12.2. The fourth-order valence-electron chi connectivity index (χ4n) is 2.54. The molecule has 0 spiro atoms. The number of nitrogens with zero attached hydrogens (tertiary/aromatic N) is 1. The number of rotatable bonds is 6. The Balaban J connectivity index is 2.17. The van der Waals surface area contributed by atoms with E-state index in [0.717, 1.165) is 5.56 Å². The second kappa shape index (κ2) is 9.65. The predicted octanol–water partition coefficient (Wildman–Crippen LogP) is 4.42. The quantitative estimate of drug-likeness (QED) is 0.736. The van der Waals surface area contributed by atoms with Gasteiger partial charge in [0.15, 0.2) is 5.78 Å². The largest absolute Gasteiger partial charge is 0.444 e. The van der Waals surface area contributed by atoms with Crippen LogP contribution in [0.5, 0.6) is 0 Å². The molecular weight excluding hydrogens is 371 g/mol. The Kier molecular flexibility index (Phi) is 7.27. The third kappa shape index (κ3) is 7.23. The SMILES string of the molecule is CC(C)(C)OC(=O)NC(Cc1ccccc1)C(=O)/C=C/c1ccc(C#N)c(F)c1. The van der Waals surface area contributed by atoms with Crippen molar-refractivity contribution in [1.29, 1.82) is 5.26 Å². The van der Waals surface area contributed by atoms with Crippen molar-refractivity contribution in [2.75, 3.05) is 0 Å². The van der Waals surface area contributed by atoms with Gasteiger partial charge in [0.1, 0.15) is 17.5 Å². The third-order valence-electron chi connectivity index (χ3n) is 3.87. The Morgan fingerprint density at radius 3 is 2.48 bits per heavy atom. The molecule has 0 aliphatic rings. The smallest absolute Gasteiger partial charge is 0.408 e. The number of benzene rings is 2. The molecule has 0 saturated carbocycles. The number of carbonyl (C=O) groups is 2. The fraction of sp³-hybridized carbons (Fsp3) is 0.261. The molecule has 0 aromatic heterocycles. The van der Waals surface area contributed by atoms with Crippen LogP contribution in [0, 0.1) is 17.1 Å². The second-order valence-electron chi connectivity index (χ2n) is 7.48. The molecule has 29 heavy (non-hydrogen) atoms. The molecule has 0 fully saturated rings. The monoisotopic (exact) mass is 394 g/mol. The van der Waals surface area contributed by atoms with Crippen molar-refractivity contribution in [1.82, 2.24) is 5.32 Å². The minimum Gasteiger partial charge on any atom is -0.444 e. The first kappa shape index (κ1) is 21.8. The van der Waals surface area contributed by atoms with E-state index in [-0.39, 0.29) is 17.8 Å². The summed E-state index contributed by atoms with van der Waals surface area (Å²) in [6.07, 6.45) is 2.32. The molecule has 5 nitrogen and oxygen atoms in total. The van der Waals surface area contributed by atoms with Gasteiger partial charge in [-0.3, -0.25) is 4.79 Å². The van der Waals surface area contributed by atoms with Crippen LogP contribution in [0.2, 0.25) is 0 Å². The zero-order valence-corrected chi connectivity index (χ0v) is 16.6. The van der Waals surface area contributed by atoms with Crippen molar-refractivity contribution in [2.45, 2.75) is 38.8 Å². The summed E-state index contributed by atoms with van der Waals surface area (Å²) in [7, 11) is 0. The number of alkyl carbamates (subject to hydrolysis) is 1. The molecule has 1 N–H and O–H groups in total. The van der Waals surface area contributed by atoms with Gasteiger partial charge >= 0.3 is 6.09 Å². The Labute approximate surface area is 169 Å². The molecular formula is C23H23FN2O3. The van der Waals surface area contributed by atoms with Gasteiger partial charge in [-0.05, 0) is 50.1 Å². The average Bonchev–Trinajstić information content (AvgIpc) is 2.65. The van der Waals surface area contributed by atoms with Gasteiger partial charge in [0, 0.05) is 6.42 Å². The van der Waals surface area contributed by atoms with Crippen LogP contribution < -0.4 is 5.32 Å². The minimum absolute atomic E-state index is 0.0676. The fourth-order valence-corrected chi connectivity index (χ4v) is 2.54. The standard InChI is InChI=1S/C23H23FN2O3/c1-23(2,3)29-22(28)26-20(14-16-7-5-4-6-8-16)21(27)12-10-17-9-11-18(15-25)19(24)13-17/h4-13,20H,14H2,1-3H3,(H,26,28)/b12-10+. The van der Waals surface area contributed by atoms with Crippen LogP contribution in [0.15, 0.2) is 54.6 Å². The number of nitrogens with one attached hydrogen (secondary N) is 1. The highest BCUT2D eigenvalue weighted by atomic mass is 19.1. The van der Waals surface area contributed by atoms with Gasteiger partial charge in [-0.2, -0.15) is 5.26 Å². The molecule has 0 aliphatic heterocycles. The molecule has 2 aromatic carbocycles. The van der Waals surface area contributed by atoms with E-state index in [1.807, 2.05) is 30.3 Å². The highest BCUT2D eigenvalue weighted by molar-refractivity contribution is 5.99. The molecule has 0 aliphatic carbocycles. The number of hydrogen-bond donors (Lipinski definition) is 1. The molecule has 0 radical (unpaired) electrons. The first-order valence-corrected chi connectivity index (χ1v) is 9.13. The number of amides is 1. The third-order valence-corrected chi connectivity index (χ3v) is 3.87. The predicted molar refractivity (Wildman–Crippen MR) is 108 cm³/mol. The summed E-state index contributed by atoms with van der Waals surface area (Å²) in [5.41, 5.74) is 0.549. The zero-order chi connectivity index (χ0) is 21.4. The maximum absolute atomic E-state index is 13.7. The molecule has 2 aromatic rings. The zero-order valence-electron chi connectivity index (χ0n) is 16.6. The average molecular weight is 394 g/mol. The molecule has 6 heteroatoms. The lowest BCUT2D eigenvalue weighted by Gasteiger charge is -2.22. The number of halogens is 1. The Morgan fingerprint density at radius 2 is 1.90 bits per heavy atom. The van der Waals surface area contributed by atoms with Crippen molar-refractivity contribution in [3.63, 3.8) is 0 Å². The number of nitriles is 1. The van der Waals surface area contributed by atoms with Gasteiger partial charge in [0.05, 0.1) is 11.6 Å². The molecule has 0 saturated heterocycles. The van der Waals surface area contributed by atoms with Crippen molar-refractivity contribution in [3.05, 3.63) is 77.1 Å². The topological polar surface area (TPSA) is 79.2 Å². The van der Waals surface area contributed by atoms with E-state index in [2.05, 4.69) is 5.32 Å². The van der Waals surface area contributed by atoms with Crippen LogP contribution >= 0.6 is 0 Å². The van der Waals surface area contributed by atoms with Crippen molar-refractivity contribution < 1.29 is 18.7 Å². The van der Waals surface area contributed by atoms with E-state index < -0.39 is 23.6 Å². The van der Waals surface area contributed by atoms with Gasteiger partial charge in [-0.15, -0.1) is 0 Å². The van der Waals surface area contributed by atoms with Gasteiger partial charge in [-0.1, -0.05) is 42.5 Å². The van der Waals surface area contributed by atoms with E-state index in [1.165, 1.54) is 24.3 Å². The Morgan fingerprint density at radius 1 is 1.21 bits per heavy atom. The minimum atomic E-state index is -0.841. The van der Waals surface area contributed by atoms with E-state index in [4.69, 9.17) is 10.00 Å². The Bertz CT molecular complexity index is 941. The van der Waals surface area contributed by atoms with Crippen LogP contribution in [0.4, 0.5) is 9.18 Å². The lowest BCUT2D eigenvalue weighted by molar-refractivity contribution is -0.116. The highest BCUT2D eigenvalue weighted by Crippen LogP contribution is 2.12. The van der Waals surface area contributed by atoms with E-state index >= 15 is 0 Å². The first-order valence-electron chi connectivity index (χ1n) is 9.13. The summed E-state index contributed by atoms with van der Waals surface area (Å²) in [4.78, 5) is 24.9. The van der Waals surface area contributed by atoms with Crippen LogP contribution in [-0.4, -0.2) is 23.5 Å². The van der Waals surface area contributed by atoms with Crippen molar-refractivity contribution >= 4 is 18.0 Å². The molecule has 1 unspecified atom stereocenters. The second-order valence-corrected chi connectivity index (χ2v) is 7.48. The number of hydrogen-bond acceptors (Lipinski definition) is 4. The van der Waals surface area contributed by atoms with Crippen LogP contribution in [0.25, 0.3) is 6.08 Å². The van der Waals surface area contributed by atoms with E-state index in [9.17, 15) is 14.0 Å². The highest BCUT2D eigenvalue weighted by Gasteiger charge is 2.23. The maximum Gasteiger partial charge on any atom is 0.408 e. The van der Waals surface area contributed by atoms with Crippen LogP contribution in [0.1, 0.15) is 37.5 Å². The molecule has 150 valence electrons. The van der Waals surface area contributed by atoms with E-state index in [0.29, 0.717) is 5.56 Å². The number of carbonyl (C=O) groups excluding carboxylic acids is 2. The molecule has 1 amide bonds. The summed E-state index contributed by atoms with van der Waals surface area (Å²) in [5.74, 6) is -1.01. The summed E-state index contributed by atoms with van der Waals surface area (Å²) < 4.78 is 19.0. The van der Waals surface area contributed by atoms with Crippen molar-refractivity contribution in [2.24, 2.45) is 0 Å². The summed E-state index contributed by atoms with van der Waals surface area (Å²) in [6.45, 7) is 5.21. The number of ether oxygens (including phenoxy) is 1. The number of ketones is 1. The Hall–Kier alpha value is -3.46. The van der Waals surface area contributed by atoms with Crippen LogP contribution in [-0.2, 0) is 16.0 Å². The van der Waals surface area contributed by atoms with Crippen LogP contribution in [0.3, 0.4) is 0 Å². The van der Waals surface area contributed by atoms with E-state index in [1.54, 1.807) is 32.9 Å². The van der Waals surface area contributed by atoms with Gasteiger partial charge in [-0.25, -0.2) is 9.18 Å². The summed E-state index contributed by atoms with van der Waals surface area (Å²) >= 11 is 0. The lowest BCUT2D eigenvalue weighted by atomic mass is 10.0. The van der Waals surface area contributed by atoms with Gasteiger partial charge < -0.3 is 10.1 Å². The first-order chi connectivity index (χ1) is 13.7. The van der Waals surface area contributed by atoms with Gasteiger partial charge in [0.25, 0.3) is 0 Å². The summed E-state index contributed by atoms with van der Waals surface area (Å²) in [6, 6.07) is 14.2. The molecule has 2 rings (SSSR count). The molecule has 0 heterocycles.